The average Bonchev–Trinajstić information content (AvgIpc) is 2.94. The Balaban J connectivity index is 1.73. The molecule has 0 spiro atoms. The van der Waals surface area contributed by atoms with Crippen molar-refractivity contribution in [3.05, 3.63) is 40.1 Å². The SMILES string of the molecule is CCN(c1nc(C)c2c(n1)N(CC1CCCCC1)CCCC2)c1c(C)cc(C)cc1C. The normalized spacial score (nSPS) is 17.4. The number of fused-ring (bicyclic) bond motifs is 1. The smallest absolute Gasteiger partial charge is 0.232 e. The van der Waals surface area contributed by atoms with Crippen LogP contribution in [-0.2, 0) is 6.42 Å². The third kappa shape index (κ3) is 4.73. The van der Waals surface area contributed by atoms with Gasteiger partial charge in [0.05, 0.1) is 0 Å². The first kappa shape index (κ1) is 22.1. The van der Waals surface area contributed by atoms with Gasteiger partial charge < -0.3 is 9.80 Å². The lowest BCUT2D eigenvalue weighted by atomic mass is 9.89. The predicted molar refractivity (Wildman–Crippen MR) is 132 cm³/mol. The van der Waals surface area contributed by atoms with E-state index in [1.165, 1.54) is 78.7 Å². The minimum atomic E-state index is 0.822. The van der Waals surface area contributed by atoms with Crippen molar-refractivity contribution in [3.8, 4) is 0 Å². The maximum Gasteiger partial charge on any atom is 0.232 e. The van der Waals surface area contributed by atoms with Crippen LogP contribution in [-0.4, -0.2) is 29.6 Å². The van der Waals surface area contributed by atoms with E-state index in [0.717, 1.165) is 43.6 Å². The van der Waals surface area contributed by atoms with Crippen molar-refractivity contribution in [2.75, 3.05) is 29.4 Å². The molecule has 1 aliphatic carbocycles. The summed E-state index contributed by atoms with van der Waals surface area (Å²) in [6.45, 7) is 14.2. The van der Waals surface area contributed by atoms with Gasteiger partial charge in [0.15, 0.2) is 0 Å². The molecule has 4 heteroatoms. The summed E-state index contributed by atoms with van der Waals surface area (Å²) in [5, 5.41) is 0. The second kappa shape index (κ2) is 9.58. The van der Waals surface area contributed by atoms with Crippen molar-refractivity contribution in [3.63, 3.8) is 0 Å². The second-order valence-corrected chi connectivity index (χ2v) is 9.81. The van der Waals surface area contributed by atoms with E-state index in [-0.39, 0.29) is 0 Å². The van der Waals surface area contributed by atoms with Crippen molar-refractivity contribution >= 4 is 17.5 Å². The van der Waals surface area contributed by atoms with E-state index in [4.69, 9.17) is 9.97 Å². The van der Waals surface area contributed by atoms with E-state index in [9.17, 15) is 0 Å². The summed E-state index contributed by atoms with van der Waals surface area (Å²) in [6.07, 6.45) is 10.6. The quantitative estimate of drug-likeness (QED) is 0.546. The van der Waals surface area contributed by atoms with E-state index < -0.39 is 0 Å². The molecule has 0 atom stereocenters. The molecule has 4 rings (SSSR count). The third-order valence-electron chi connectivity index (χ3n) is 7.25. The lowest BCUT2D eigenvalue weighted by Gasteiger charge is -2.32. The Morgan fingerprint density at radius 2 is 1.65 bits per heavy atom. The van der Waals surface area contributed by atoms with Crippen LogP contribution in [0.2, 0.25) is 0 Å². The zero-order chi connectivity index (χ0) is 22.0. The predicted octanol–water partition coefficient (Wildman–Crippen LogP) is 6.59. The summed E-state index contributed by atoms with van der Waals surface area (Å²) >= 11 is 0. The van der Waals surface area contributed by atoms with E-state index >= 15 is 0 Å². The van der Waals surface area contributed by atoms with Crippen molar-refractivity contribution < 1.29 is 0 Å². The van der Waals surface area contributed by atoms with E-state index in [2.05, 4.69) is 56.6 Å². The van der Waals surface area contributed by atoms with Crippen LogP contribution in [0.25, 0.3) is 0 Å². The molecule has 0 bridgehead atoms. The minimum absolute atomic E-state index is 0.822. The standard InChI is InChI=1S/C27H40N4/c1-6-31(25-20(3)16-19(2)17-21(25)4)27-28-22(5)24-14-10-11-15-30(26(24)29-27)18-23-12-8-7-9-13-23/h16-17,23H,6-15,18H2,1-5H3. The molecule has 1 saturated carbocycles. The first-order valence-corrected chi connectivity index (χ1v) is 12.5. The Hall–Kier alpha value is -2.10. The van der Waals surface area contributed by atoms with E-state index in [1.807, 2.05) is 0 Å². The van der Waals surface area contributed by atoms with Crippen LogP contribution in [0.1, 0.15) is 79.8 Å². The summed E-state index contributed by atoms with van der Waals surface area (Å²) in [5.41, 5.74) is 7.72. The molecular formula is C27H40N4. The molecule has 0 radical (unpaired) electrons. The maximum atomic E-state index is 5.27. The van der Waals surface area contributed by atoms with Crippen LogP contribution in [0, 0.1) is 33.6 Å². The van der Waals surface area contributed by atoms with Gasteiger partial charge in [-0.15, -0.1) is 0 Å². The lowest BCUT2D eigenvalue weighted by Crippen LogP contribution is -2.33. The highest BCUT2D eigenvalue weighted by Gasteiger charge is 2.26. The van der Waals surface area contributed by atoms with Gasteiger partial charge in [-0.1, -0.05) is 37.0 Å². The number of benzene rings is 1. The van der Waals surface area contributed by atoms with E-state index in [1.54, 1.807) is 0 Å². The molecule has 31 heavy (non-hydrogen) atoms. The average molecular weight is 421 g/mol. The van der Waals surface area contributed by atoms with Gasteiger partial charge in [0.25, 0.3) is 0 Å². The number of anilines is 3. The Labute approximate surface area is 189 Å². The fraction of sp³-hybridized carbons (Fsp3) is 0.630. The number of aryl methyl sites for hydroxylation is 4. The number of nitrogens with zero attached hydrogens (tertiary/aromatic N) is 4. The van der Waals surface area contributed by atoms with Crippen LogP contribution in [0.4, 0.5) is 17.5 Å². The first-order chi connectivity index (χ1) is 15.0. The van der Waals surface area contributed by atoms with Crippen molar-refractivity contribution in [1.29, 1.82) is 0 Å². The van der Waals surface area contributed by atoms with Gasteiger partial charge in [-0.05, 0) is 83.8 Å². The van der Waals surface area contributed by atoms with Gasteiger partial charge in [-0.3, -0.25) is 0 Å². The molecule has 0 amide bonds. The second-order valence-electron chi connectivity index (χ2n) is 9.81. The van der Waals surface area contributed by atoms with Gasteiger partial charge in [0, 0.05) is 36.6 Å². The topological polar surface area (TPSA) is 32.3 Å². The highest BCUT2D eigenvalue weighted by Crippen LogP contribution is 2.35. The highest BCUT2D eigenvalue weighted by atomic mass is 15.3. The largest absolute Gasteiger partial charge is 0.356 e. The number of aromatic nitrogens is 2. The molecule has 4 nitrogen and oxygen atoms in total. The lowest BCUT2D eigenvalue weighted by molar-refractivity contribution is 0.357. The minimum Gasteiger partial charge on any atom is -0.356 e. The molecule has 0 saturated heterocycles. The molecule has 0 N–H and O–H groups in total. The monoisotopic (exact) mass is 420 g/mol. The zero-order valence-corrected chi connectivity index (χ0v) is 20.3. The number of hydrogen-bond donors (Lipinski definition) is 0. The fourth-order valence-electron chi connectivity index (χ4n) is 5.81. The van der Waals surface area contributed by atoms with Crippen LogP contribution < -0.4 is 9.80 Å². The molecule has 2 aliphatic rings. The molecule has 0 unspecified atom stereocenters. The summed E-state index contributed by atoms with van der Waals surface area (Å²) in [4.78, 5) is 15.3. The van der Waals surface area contributed by atoms with Crippen LogP contribution in [0.5, 0.6) is 0 Å². The number of hydrogen-bond acceptors (Lipinski definition) is 4. The van der Waals surface area contributed by atoms with Crippen LogP contribution >= 0.6 is 0 Å². The maximum absolute atomic E-state index is 5.27. The third-order valence-corrected chi connectivity index (χ3v) is 7.25. The molecule has 1 fully saturated rings. The highest BCUT2D eigenvalue weighted by molar-refractivity contribution is 5.68. The molecule has 1 aliphatic heterocycles. The molecule has 1 aromatic carbocycles. The first-order valence-electron chi connectivity index (χ1n) is 12.5. The molecule has 2 aromatic rings. The summed E-state index contributed by atoms with van der Waals surface area (Å²) in [7, 11) is 0. The summed E-state index contributed by atoms with van der Waals surface area (Å²) < 4.78 is 0. The van der Waals surface area contributed by atoms with E-state index in [0.29, 0.717) is 0 Å². The van der Waals surface area contributed by atoms with Crippen molar-refractivity contribution in [2.45, 2.75) is 86.0 Å². The Bertz CT molecular complexity index is 891. The molecule has 168 valence electrons. The van der Waals surface area contributed by atoms with Gasteiger partial charge in [-0.25, -0.2) is 4.98 Å². The van der Waals surface area contributed by atoms with Gasteiger partial charge in [0.2, 0.25) is 5.95 Å². The summed E-state index contributed by atoms with van der Waals surface area (Å²) in [6, 6.07) is 4.55. The molecular weight excluding hydrogens is 380 g/mol. The van der Waals surface area contributed by atoms with Gasteiger partial charge >= 0.3 is 0 Å². The van der Waals surface area contributed by atoms with Crippen molar-refractivity contribution in [1.82, 2.24) is 9.97 Å². The number of rotatable bonds is 5. The zero-order valence-electron chi connectivity index (χ0n) is 20.3. The Kier molecular flexibility index (Phi) is 6.83. The summed E-state index contributed by atoms with van der Waals surface area (Å²) in [5.74, 6) is 2.90. The Morgan fingerprint density at radius 3 is 2.32 bits per heavy atom. The van der Waals surface area contributed by atoms with Crippen molar-refractivity contribution in [2.24, 2.45) is 5.92 Å². The van der Waals surface area contributed by atoms with Gasteiger partial charge in [-0.2, -0.15) is 4.98 Å². The molecule has 2 heterocycles. The van der Waals surface area contributed by atoms with Crippen LogP contribution in [0.3, 0.4) is 0 Å². The van der Waals surface area contributed by atoms with Gasteiger partial charge in [0.1, 0.15) is 5.82 Å². The molecule has 1 aromatic heterocycles. The Morgan fingerprint density at radius 1 is 0.935 bits per heavy atom. The fourth-order valence-corrected chi connectivity index (χ4v) is 5.81. The van der Waals surface area contributed by atoms with Crippen LogP contribution in [0.15, 0.2) is 12.1 Å².